The van der Waals surface area contributed by atoms with Crippen LogP contribution >= 0.6 is 22.9 Å². The van der Waals surface area contributed by atoms with Crippen LogP contribution in [0.25, 0.3) is 0 Å². The van der Waals surface area contributed by atoms with Crippen molar-refractivity contribution in [1.29, 1.82) is 0 Å². The predicted octanol–water partition coefficient (Wildman–Crippen LogP) is 4.65. The van der Waals surface area contributed by atoms with Gasteiger partial charge >= 0.3 is 0 Å². The number of methoxy groups -OCH3 is 1. The van der Waals surface area contributed by atoms with Crippen molar-refractivity contribution < 1.29 is 9.53 Å². The molecule has 0 radical (unpaired) electrons. The van der Waals surface area contributed by atoms with Crippen LogP contribution in [0.3, 0.4) is 0 Å². The van der Waals surface area contributed by atoms with Gasteiger partial charge in [0.2, 0.25) is 5.91 Å². The Morgan fingerprint density at radius 1 is 1.13 bits per heavy atom. The minimum absolute atomic E-state index is 0.00817. The van der Waals surface area contributed by atoms with Gasteiger partial charge in [-0.2, -0.15) is 0 Å². The van der Waals surface area contributed by atoms with Crippen molar-refractivity contribution in [3.05, 3.63) is 69.5 Å². The maximum absolute atomic E-state index is 13.5. The van der Waals surface area contributed by atoms with Crippen LogP contribution < -0.4 is 9.64 Å². The predicted molar refractivity (Wildman–Crippen MR) is 124 cm³/mol. The molecule has 2 aromatic heterocycles. The van der Waals surface area contributed by atoms with E-state index in [4.69, 9.17) is 16.3 Å². The molecule has 8 heteroatoms. The van der Waals surface area contributed by atoms with E-state index in [-0.39, 0.29) is 11.8 Å². The number of carbonyl (C=O) groups excluding carboxylic acids is 1. The Kier molecular flexibility index (Phi) is 7.04. The summed E-state index contributed by atoms with van der Waals surface area (Å²) in [6.07, 6.45) is 1.58. The van der Waals surface area contributed by atoms with Crippen LogP contribution in [0.1, 0.15) is 23.3 Å². The minimum Gasteiger partial charge on any atom is -0.496 e. The van der Waals surface area contributed by atoms with E-state index in [0.717, 1.165) is 43.1 Å². The average Bonchev–Trinajstić information content (AvgIpc) is 3.32. The van der Waals surface area contributed by atoms with Crippen molar-refractivity contribution in [2.75, 3.05) is 25.1 Å². The fourth-order valence-corrected chi connectivity index (χ4v) is 4.75. The van der Waals surface area contributed by atoms with Crippen LogP contribution in [0.4, 0.5) is 5.82 Å². The lowest BCUT2D eigenvalue weighted by molar-refractivity contribution is -0.137. The molecule has 0 spiro atoms. The molecule has 0 atom stereocenters. The first kappa shape index (κ1) is 21.6. The summed E-state index contributed by atoms with van der Waals surface area (Å²) in [5, 5.41) is 10.5. The first-order chi connectivity index (χ1) is 15.1. The summed E-state index contributed by atoms with van der Waals surface area (Å²) in [6.45, 7) is 2.68. The molecule has 1 aliphatic heterocycles. The molecule has 3 aromatic rings. The summed E-state index contributed by atoms with van der Waals surface area (Å²) >= 11 is 7.52. The molecule has 1 aliphatic rings. The minimum atomic E-state index is -0.00817. The topological polar surface area (TPSA) is 58.6 Å². The van der Waals surface area contributed by atoms with Crippen LogP contribution in [0.5, 0.6) is 5.75 Å². The molecule has 1 fully saturated rings. The summed E-state index contributed by atoms with van der Waals surface area (Å²) < 4.78 is 5.51. The molecule has 3 heterocycles. The van der Waals surface area contributed by atoms with Gasteiger partial charge in [-0.05, 0) is 42.5 Å². The Bertz CT molecular complexity index is 989. The van der Waals surface area contributed by atoms with Crippen molar-refractivity contribution in [1.82, 2.24) is 15.1 Å². The standard InChI is InChI=1S/C23H25ClN4O2S/c1-30-20-7-3-2-5-18(20)15-28(16-19-6-4-14-31-19)23(29)17-10-12-27(13-11-17)22-9-8-21(24)25-26-22/h2-9,14,17H,10-13,15-16H2,1H3. The Balaban J connectivity index is 1.46. The molecule has 0 unspecified atom stereocenters. The second-order valence-electron chi connectivity index (χ2n) is 7.56. The third-order valence-corrected chi connectivity index (χ3v) is 6.64. The SMILES string of the molecule is COc1ccccc1CN(Cc1cccs1)C(=O)C1CCN(c2ccc(Cl)nn2)CC1. The largest absolute Gasteiger partial charge is 0.496 e. The molecule has 0 saturated carbocycles. The molecule has 1 aromatic carbocycles. The van der Waals surface area contributed by atoms with E-state index in [9.17, 15) is 4.79 Å². The molecule has 1 amide bonds. The van der Waals surface area contributed by atoms with Crippen LogP contribution in [0.2, 0.25) is 5.15 Å². The van der Waals surface area contributed by atoms with Crippen molar-refractivity contribution in [2.24, 2.45) is 5.92 Å². The van der Waals surface area contributed by atoms with Gasteiger partial charge in [-0.1, -0.05) is 35.9 Å². The van der Waals surface area contributed by atoms with Gasteiger partial charge in [0, 0.05) is 36.0 Å². The Hall–Kier alpha value is -2.64. The van der Waals surface area contributed by atoms with Crippen molar-refractivity contribution in [2.45, 2.75) is 25.9 Å². The second-order valence-corrected chi connectivity index (χ2v) is 8.98. The fraction of sp³-hybridized carbons (Fsp3) is 0.348. The van der Waals surface area contributed by atoms with Crippen molar-refractivity contribution in [3.8, 4) is 5.75 Å². The number of aromatic nitrogens is 2. The molecule has 31 heavy (non-hydrogen) atoms. The highest BCUT2D eigenvalue weighted by Gasteiger charge is 2.30. The quantitative estimate of drug-likeness (QED) is 0.518. The number of carbonyl (C=O) groups is 1. The number of para-hydroxylation sites is 1. The Labute approximate surface area is 191 Å². The van der Waals surface area contributed by atoms with E-state index in [1.54, 1.807) is 24.5 Å². The number of ether oxygens (including phenoxy) is 1. The van der Waals surface area contributed by atoms with Gasteiger partial charge in [0.05, 0.1) is 13.7 Å². The monoisotopic (exact) mass is 456 g/mol. The summed E-state index contributed by atoms with van der Waals surface area (Å²) in [7, 11) is 1.67. The maximum Gasteiger partial charge on any atom is 0.226 e. The normalized spacial score (nSPS) is 14.5. The van der Waals surface area contributed by atoms with Crippen LogP contribution in [0, 0.1) is 5.92 Å². The summed E-state index contributed by atoms with van der Waals surface area (Å²) in [4.78, 5) is 18.8. The van der Waals surface area contributed by atoms with E-state index in [1.165, 1.54) is 4.88 Å². The second kappa shape index (κ2) is 10.1. The molecular formula is C23H25ClN4O2S. The average molecular weight is 457 g/mol. The van der Waals surface area contributed by atoms with Gasteiger partial charge in [0.15, 0.2) is 11.0 Å². The highest BCUT2D eigenvalue weighted by atomic mass is 35.5. The van der Waals surface area contributed by atoms with E-state index in [2.05, 4.69) is 21.2 Å². The van der Waals surface area contributed by atoms with Gasteiger partial charge in [-0.15, -0.1) is 21.5 Å². The number of nitrogens with zero attached hydrogens (tertiary/aromatic N) is 4. The van der Waals surface area contributed by atoms with Crippen LogP contribution in [0.15, 0.2) is 53.9 Å². The van der Waals surface area contributed by atoms with Crippen LogP contribution in [-0.4, -0.2) is 41.2 Å². The lowest BCUT2D eigenvalue weighted by atomic mass is 9.95. The smallest absolute Gasteiger partial charge is 0.226 e. The van der Waals surface area contributed by atoms with E-state index < -0.39 is 0 Å². The van der Waals surface area contributed by atoms with Gasteiger partial charge in [0.25, 0.3) is 0 Å². The van der Waals surface area contributed by atoms with Crippen molar-refractivity contribution >= 4 is 34.7 Å². The van der Waals surface area contributed by atoms with Crippen LogP contribution in [-0.2, 0) is 17.9 Å². The van der Waals surface area contributed by atoms with Gasteiger partial charge < -0.3 is 14.5 Å². The third-order valence-electron chi connectivity index (χ3n) is 5.58. The number of amides is 1. The maximum atomic E-state index is 13.5. The highest BCUT2D eigenvalue weighted by Crippen LogP contribution is 2.27. The zero-order valence-corrected chi connectivity index (χ0v) is 19.0. The molecular weight excluding hydrogens is 432 g/mol. The Morgan fingerprint density at radius 3 is 2.61 bits per heavy atom. The summed E-state index contributed by atoms with van der Waals surface area (Å²) in [5.41, 5.74) is 1.02. The van der Waals surface area contributed by atoms with Gasteiger partial charge in [-0.25, -0.2) is 0 Å². The molecule has 1 saturated heterocycles. The molecule has 0 bridgehead atoms. The Morgan fingerprint density at radius 2 is 1.94 bits per heavy atom. The van der Waals surface area contributed by atoms with E-state index in [1.807, 2.05) is 46.7 Å². The number of thiophene rings is 1. The highest BCUT2D eigenvalue weighted by molar-refractivity contribution is 7.09. The van der Waals surface area contributed by atoms with Gasteiger partial charge in [-0.3, -0.25) is 4.79 Å². The van der Waals surface area contributed by atoms with Gasteiger partial charge in [0.1, 0.15) is 5.75 Å². The molecule has 0 N–H and O–H groups in total. The zero-order chi connectivity index (χ0) is 21.6. The van der Waals surface area contributed by atoms with E-state index in [0.29, 0.717) is 18.2 Å². The lowest BCUT2D eigenvalue weighted by Crippen LogP contribution is -2.42. The molecule has 162 valence electrons. The fourth-order valence-electron chi connectivity index (χ4n) is 3.93. The molecule has 6 nitrogen and oxygen atoms in total. The number of rotatable bonds is 7. The zero-order valence-electron chi connectivity index (χ0n) is 17.4. The van der Waals surface area contributed by atoms with Crippen molar-refractivity contribution in [3.63, 3.8) is 0 Å². The third kappa shape index (κ3) is 5.35. The molecule has 4 rings (SSSR count). The number of anilines is 1. The number of hydrogen-bond acceptors (Lipinski definition) is 6. The van der Waals surface area contributed by atoms with E-state index >= 15 is 0 Å². The lowest BCUT2D eigenvalue weighted by Gasteiger charge is -2.34. The number of halogens is 1. The number of hydrogen-bond donors (Lipinski definition) is 0. The molecule has 0 aliphatic carbocycles. The number of benzene rings is 1. The first-order valence-electron chi connectivity index (χ1n) is 10.3. The number of piperidine rings is 1. The summed E-state index contributed by atoms with van der Waals surface area (Å²) in [6, 6.07) is 15.6. The first-order valence-corrected chi connectivity index (χ1v) is 11.6. The summed E-state index contributed by atoms with van der Waals surface area (Å²) in [5.74, 6) is 1.80.